The van der Waals surface area contributed by atoms with Crippen LogP contribution in [0.5, 0.6) is 0 Å². The molecule has 5 rings (SSSR count). The van der Waals surface area contributed by atoms with Crippen LogP contribution in [0.2, 0.25) is 0 Å². The number of esters is 1. The fourth-order valence-corrected chi connectivity index (χ4v) is 9.56. The largest absolute Gasteiger partial charge is 0.460 e. The number of carbonyl (C=O) groups excluding carboxylic acids is 3. The first kappa shape index (κ1) is 23.8. The van der Waals surface area contributed by atoms with Crippen molar-refractivity contribution in [3.05, 3.63) is 11.6 Å². The van der Waals surface area contributed by atoms with E-state index in [4.69, 9.17) is 37.4 Å². The molecule has 1 aliphatic heterocycles. The van der Waals surface area contributed by atoms with Crippen molar-refractivity contribution in [1.29, 1.82) is 0 Å². The van der Waals surface area contributed by atoms with Crippen LogP contribution in [0.3, 0.4) is 0 Å². The molecule has 1 heterocycles. The second-order valence-corrected chi connectivity index (χ2v) is 12.1. The van der Waals surface area contributed by atoms with Crippen molar-refractivity contribution in [3.8, 4) is 0 Å². The number of allylic oxidation sites excluding steroid dienone is 1. The van der Waals surface area contributed by atoms with E-state index in [9.17, 15) is 14.4 Å². The van der Waals surface area contributed by atoms with Crippen LogP contribution < -0.4 is 0 Å². The Morgan fingerprint density at radius 3 is 2.61 bits per heavy atom. The highest BCUT2D eigenvalue weighted by molar-refractivity contribution is 6.37. The number of alkyl halides is 2. The highest BCUT2D eigenvalue weighted by atomic mass is 35.5. The van der Waals surface area contributed by atoms with Gasteiger partial charge in [0.05, 0.1) is 22.5 Å². The Morgan fingerprint density at radius 2 is 1.91 bits per heavy atom. The third kappa shape index (κ3) is 2.62. The minimum Gasteiger partial charge on any atom is -0.460 e. The Morgan fingerprint density at radius 1 is 1.18 bits per heavy atom. The number of ketones is 2. The van der Waals surface area contributed by atoms with Crippen LogP contribution in [0.4, 0.5) is 0 Å². The average molecular weight is 499 g/mol. The highest BCUT2D eigenvalue weighted by Crippen LogP contribution is 2.76. The van der Waals surface area contributed by atoms with E-state index in [0.717, 1.165) is 12.0 Å². The zero-order chi connectivity index (χ0) is 24.0. The fourth-order valence-electron chi connectivity index (χ4n) is 8.28. The van der Waals surface area contributed by atoms with Crippen molar-refractivity contribution >= 4 is 40.7 Å². The fraction of sp³-hybridized carbons (Fsp3) is 0.800. The van der Waals surface area contributed by atoms with Crippen molar-refractivity contribution in [3.63, 3.8) is 0 Å². The highest BCUT2D eigenvalue weighted by Gasteiger charge is 2.83. The molecule has 2 bridgehead atoms. The van der Waals surface area contributed by atoms with E-state index in [1.165, 1.54) is 0 Å². The van der Waals surface area contributed by atoms with Crippen LogP contribution in [-0.2, 0) is 28.6 Å². The molecule has 0 amide bonds. The summed E-state index contributed by atoms with van der Waals surface area (Å²) >= 11 is 14.9. The zero-order valence-electron chi connectivity index (χ0n) is 19.7. The Bertz CT molecular complexity index is 965. The van der Waals surface area contributed by atoms with E-state index in [1.807, 2.05) is 6.92 Å². The number of hydrogen-bond acceptors (Lipinski definition) is 6. The van der Waals surface area contributed by atoms with Crippen LogP contribution in [0.1, 0.15) is 72.6 Å². The van der Waals surface area contributed by atoms with Crippen LogP contribution in [0.25, 0.3) is 0 Å². The summed E-state index contributed by atoms with van der Waals surface area (Å²) in [6, 6.07) is 0. The molecule has 8 atom stereocenters. The van der Waals surface area contributed by atoms with Gasteiger partial charge in [0, 0.05) is 23.2 Å². The summed E-state index contributed by atoms with van der Waals surface area (Å²) in [7, 11) is 0. The van der Waals surface area contributed by atoms with Crippen molar-refractivity contribution < 1.29 is 28.6 Å². The van der Waals surface area contributed by atoms with E-state index < -0.39 is 50.3 Å². The maximum atomic E-state index is 13.6. The molecule has 0 spiro atoms. The molecule has 1 saturated heterocycles. The molecule has 33 heavy (non-hydrogen) atoms. The molecule has 0 aromatic carbocycles. The Labute approximate surface area is 204 Å². The van der Waals surface area contributed by atoms with Crippen molar-refractivity contribution in [2.24, 2.45) is 16.7 Å². The molecule has 5 aliphatic rings. The summed E-state index contributed by atoms with van der Waals surface area (Å²) in [4.78, 5) is 37.6. The van der Waals surface area contributed by atoms with Gasteiger partial charge in [-0.25, -0.2) is 4.79 Å². The summed E-state index contributed by atoms with van der Waals surface area (Å²) < 4.78 is 18.0. The number of ether oxygens (including phenoxy) is 3. The molecule has 1 unspecified atom stereocenters. The van der Waals surface area contributed by atoms with Crippen LogP contribution in [0.15, 0.2) is 11.6 Å². The van der Waals surface area contributed by atoms with Gasteiger partial charge in [-0.1, -0.05) is 19.4 Å². The monoisotopic (exact) mass is 498 g/mol. The lowest BCUT2D eigenvalue weighted by molar-refractivity contribution is -0.360. The topological polar surface area (TPSA) is 78.9 Å². The normalized spacial score (nSPS) is 50.5. The summed E-state index contributed by atoms with van der Waals surface area (Å²) in [6.07, 6.45) is 4.90. The first-order chi connectivity index (χ1) is 15.4. The minimum atomic E-state index is -1.36. The molecule has 3 saturated carbocycles. The molecule has 182 valence electrons. The Balaban J connectivity index is 1.66. The SMILES string of the molecule is CCOC(=O)C(=O)[C@@]12CC[C@@]3(OC(C)O1)[C@@H]1CCC4=CC(=O)CC[C@]4(C)[C@@]1(Cl)[C@@H](Cl)C[C@]23C. The second kappa shape index (κ2) is 7.28. The zero-order valence-corrected chi connectivity index (χ0v) is 21.2. The van der Waals surface area contributed by atoms with Gasteiger partial charge in [-0.2, -0.15) is 0 Å². The number of halogens is 2. The van der Waals surface area contributed by atoms with Crippen LogP contribution in [0, 0.1) is 16.7 Å². The van der Waals surface area contributed by atoms with Gasteiger partial charge in [0.15, 0.2) is 12.1 Å². The first-order valence-corrected chi connectivity index (χ1v) is 12.9. The molecule has 0 N–H and O–H groups in total. The maximum absolute atomic E-state index is 13.6. The van der Waals surface area contributed by atoms with Gasteiger partial charge in [-0.15, -0.1) is 23.2 Å². The molecule has 0 radical (unpaired) electrons. The van der Waals surface area contributed by atoms with E-state index in [-0.39, 0.29) is 18.3 Å². The van der Waals surface area contributed by atoms with Crippen molar-refractivity contribution in [1.82, 2.24) is 0 Å². The smallest absolute Gasteiger partial charge is 0.377 e. The van der Waals surface area contributed by atoms with E-state index in [0.29, 0.717) is 38.5 Å². The predicted molar refractivity (Wildman–Crippen MR) is 122 cm³/mol. The number of rotatable bonds is 3. The second-order valence-electron chi connectivity index (χ2n) is 10.9. The molecular formula is C25H32Cl2O6. The molecule has 4 fully saturated rings. The molecule has 4 aliphatic carbocycles. The summed E-state index contributed by atoms with van der Waals surface area (Å²) in [6.45, 7) is 7.68. The molecule has 0 aromatic rings. The third-order valence-corrected chi connectivity index (χ3v) is 11.4. The number of hydrogen-bond donors (Lipinski definition) is 0. The van der Waals surface area contributed by atoms with Gasteiger partial charge < -0.3 is 14.2 Å². The van der Waals surface area contributed by atoms with Crippen molar-refractivity contribution in [2.45, 2.75) is 100 Å². The summed E-state index contributed by atoms with van der Waals surface area (Å²) in [5.41, 5.74) is -2.34. The maximum Gasteiger partial charge on any atom is 0.377 e. The van der Waals surface area contributed by atoms with Gasteiger partial charge in [0.25, 0.3) is 5.78 Å². The Hall–Kier alpha value is -0.950. The standard InChI is InChI=1S/C25H32Cl2O6/c1-5-31-20(30)19(29)24-11-10-23(32-14(2)33-24)17-7-6-15-12-16(28)8-9-21(15,3)25(17,27)18(26)13-22(23,24)4/h12,14,17-18H,5-11,13H2,1-4H3/t14?,17-,18-,21-,22-,23+,24+,25-/m0/s1. The van der Waals surface area contributed by atoms with Crippen LogP contribution in [-0.4, -0.2) is 51.9 Å². The van der Waals surface area contributed by atoms with Crippen molar-refractivity contribution in [2.75, 3.05) is 6.61 Å². The lowest BCUT2D eigenvalue weighted by Crippen LogP contribution is -2.78. The first-order valence-electron chi connectivity index (χ1n) is 12.1. The molecular weight excluding hydrogens is 467 g/mol. The van der Waals surface area contributed by atoms with Gasteiger partial charge in [-0.3, -0.25) is 9.59 Å². The van der Waals surface area contributed by atoms with E-state index in [1.54, 1.807) is 19.9 Å². The lowest BCUT2D eigenvalue weighted by atomic mass is 9.43. The minimum absolute atomic E-state index is 0.117. The number of carbonyl (C=O) groups is 3. The van der Waals surface area contributed by atoms with Gasteiger partial charge in [0.2, 0.25) is 0 Å². The van der Waals surface area contributed by atoms with E-state index >= 15 is 0 Å². The number of fused-ring (bicyclic) bond motifs is 3. The van der Waals surface area contributed by atoms with Crippen LogP contribution >= 0.6 is 23.2 Å². The molecule has 8 heteroatoms. The van der Waals surface area contributed by atoms with Gasteiger partial charge >= 0.3 is 5.97 Å². The van der Waals surface area contributed by atoms with E-state index in [2.05, 4.69) is 6.92 Å². The molecule has 0 aromatic heterocycles. The third-order valence-electron chi connectivity index (χ3n) is 9.82. The lowest BCUT2D eigenvalue weighted by Gasteiger charge is -2.70. The molecule has 6 nitrogen and oxygen atoms in total. The Kier molecular flexibility index (Phi) is 5.25. The van der Waals surface area contributed by atoms with Gasteiger partial charge in [0.1, 0.15) is 5.60 Å². The summed E-state index contributed by atoms with van der Waals surface area (Å²) in [5.74, 6) is -1.54. The predicted octanol–water partition coefficient (Wildman–Crippen LogP) is 4.48. The number of Topliss-reactive ketones (excluding diaryl/α,β-unsaturated/α-hetero) is 1. The van der Waals surface area contributed by atoms with Gasteiger partial charge in [-0.05, 0) is 58.4 Å². The average Bonchev–Trinajstić information content (AvgIpc) is 2.88. The quantitative estimate of drug-likeness (QED) is 0.324. The summed E-state index contributed by atoms with van der Waals surface area (Å²) in [5, 5.41) is -0.503.